The van der Waals surface area contributed by atoms with E-state index in [1.807, 2.05) is 0 Å². The van der Waals surface area contributed by atoms with Crippen LogP contribution in [-0.2, 0) is 9.53 Å². The maximum absolute atomic E-state index is 10.7. The van der Waals surface area contributed by atoms with Crippen molar-refractivity contribution in [1.82, 2.24) is 5.32 Å². The standard InChI is InChI=1S/C9H11N3O2/c10-7-2-1-6-9(12-7)5(4-14-6)3-8(11)13/h1-2,4,9,12H,3,10H2,(H2,11,13). The van der Waals surface area contributed by atoms with E-state index < -0.39 is 0 Å². The number of carbonyl (C=O) groups is 1. The normalized spacial score (nSPS) is 23.7. The molecule has 5 nitrogen and oxygen atoms in total. The Morgan fingerprint density at radius 2 is 2.36 bits per heavy atom. The summed E-state index contributed by atoms with van der Waals surface area (Å²) in [6, 6.07) is -0.132. The van der Waals surface area contributed by atoms with Crippen LogP contribution in [-0.4, -0.2) is 11.9 Å². The summed E-state index contributed by atoms with van der Waals surface area (Å²) in [7, 11) is 0. The zero-order valence-corrected chi connectivity index (χ0v) is 7.49. The van der Waals surface area contributed by atoms with Crippen LogP contribution in [0.5, 0.6) is 0 Å². The third kappa shape index (κ3) is 1.44. The number of fused-ring (bicyclic) bond motifs is 1. The summed E-state index contributed by atoms with van der Waals surface area (Å²) >= 11 is 0. The molecule has 0 radical (unpaired) electrons. The van der Waals surface area contributed by atoms with E-state index in [0.29, 0.717) is 5.82 Å². The lowest BCUT2D eigenvalue weighted by Gasteiger charge is -2.20. The Kier molecular flexibility index (Phi) is 1.92. The monoisotopic (exact) mass is 193 g/mol. The second-order valence-corrected chi connectivity index (χ2v) is 3.22. The number of allylic oxidation sites excluding steroid dienone is 2. The predicted molar refractivity (Wildman–Crippen MR) is 50.3 cm³/mol. The molecule has 2 aliphatic heterocycles. The van der Waals surface area contributed by atoms with Gasteiger partial charge < -0.3 is 21.5 Å². The summed E-state index contributed by atoms with van der Waals surface area (Å²) in [4.78, 5) is 10.7. The Morgan fingerprint density at radius 1 is 1.57 bits per heavy atom. The Morgan fingerprint density at radius 3 is 3.07 bits per heavy atom. The number of carbonyl (C=O) groups excluding carboxylic acids is 1. The van der Waals surface area contributed by atoms with Gasteiger partial charge in [-0.05, 0) is 12.2 Å². The molecule has 74 valence electrons. The van der Waals surface area contributed by atoms with Gasteiger partial charge in [-0.25, -0.2) is 0 Å². The first-order valence-corrected chi connectivity index (χ1v) is 4.24. The van der Waals surface area contributed by atoms with Crippen molar-refractivity contribution < 1.29 is 9.53 Å². The molecule has 0 aliphatic carbocycles. The maximum Gasteiger partial charge on any atom is 0.221 e. The number of primary amides is 1. The highest BCUT2D eigenvalue weighted by Crippen LogP contribution is 2.26. The zero-order valence-electron chi connectivity index (χ0n) is 7.49. The second-order valence-electron chi connectivity index (χ2n) is 3.22. The van der Waals surface area contributed by atoms with E-state index in [-0.39, 0.29) is 18.4 Å². The third-order valence-corrected chi connectivity index (χ3v) is 2.12. The summed E-state index contributed by atoms with van der Waals surface area (Å²) in [6.45, 7) is 0. The van der Waals surface area contributed by atoms with E-state index in [1.54, 1.807) is 18.4 Å². The van der Waals surface area contributed by atoms with Crippen molar-refractivity contribution in [2.75, 3.05) is 0 Å². The van der Waals surface area contributed by atoms with Crippen molar-refractivity contribution in [3.8, 4) is 0 Å². The molecule has 0 saturated heterocycles. The fourth-order valence-corrected chi connectivity index (χ4v) is 1.49. The summed E-state index contributed by atoms with van der Waals surface area (Å²) in [5, 5.41) is 3.00. The molecule has 14 heavy (non-hydrogen) atoms. The molecule has 0 aromatic carbocycles. The van der Waals surface area contributed by atoms with Crippen molar-refractivity contribution in [2.45, 2.75) is 12.5 Å². The van der Waals surface area contributed by atoms with Crippen LogP contribution in [0, 0.1) is 0 Å². The number of rotatable bonds is 2. The Labute approximate surface area is 81.1 Å². The van der Waals surface area contributed by atoms with Crippen LogP contribution >= 0.6 is 0 Å². The first kappa shape index (κ1) is 8.68. The molecule has 1 unspecified atom stereocenters. The number of dihydropyridines is 1. The Bertz CT molecular complexity index is 368. The van der Waals surface area contributed by atoms with Crippen molar-refractivity contribution in [3.05, 3.63) is 35.6 Å². The van der Waals surface area contributed by atoms with Gasteiger partial charge in [0.2, 0.25) is 5.91 Å². The van der Waals surface area contributed by atoms with Gasteiger partial charge in [0.25, 0.3) is 0 Å². The van der Waals surface area contributed by atoms with Crippen molar-refractivity contribution in [3.63, 3.8) is 0 Å². The predicted octanol–water partition coefficient (Wildman–Crippen LogP) is -0.568. The van der Waals surface area contributed by atoms with E-state index in [2.05, 4.69) is 5.32 Å². The molecule has 2 rings (SSSR count). The number of ether oxygens (including phenoxy) is 1. The second kappa shape index (κ2) is 3.10. The van der Waals surface area contributed by atoms with Gasteiger partial charge in [-0.15, -0.1) is 0 Å². The van der Waals surface area contributed by atoms with Crippen LogP contribution in [0.1, 0.15) is 6.42 Å². The molecule has 0 spiro atoms. The Balaban J connectivity index is 2.15. The highest BCUT2D eigenvalue weighted by molar-refractivity contribution is 5.77. The number of nitrogens with two attached hydrogens (primary N) is 2. The van der Waals surface area contributed by atoms with Gasteiger partial charge in [0.15, 0.2) is 0 Å². The molecule has 0 aromatic heterocycles. The lowest BCUT2D eigenvalue weighted by Crippen LogP contribution is -2.36. The summed E-state index contributed by atoms with van der Waals surface area (Å²) in [6.07, 6.45) is 5.22. The lowest BCUT2D eigenvalue weighted by molar-refractivity contribution is -0.117. The number of hydrogen-bond acceptors (Lipinski definition) is 4. The first-order chi connectivity index (χ1) is 6.66. The topological polar surface area (TPSA) is 90.4 Å². The molecule has 0 bridgehead atoms. The largest absolute Gasteiger partial charge is 0.467 e. The van der Waals surface area contributed by atoms with Crippen LogP contribution in [0.2, 0.25) is 0 Å². The van der Waals surface area contributed by atoms with E-state index in [4.69, 9.17) is 16.2 Å². The molecule has 0 aromatic rings. The molecule has 5 N–H and O–H groups in total. The minimum atomic E-state index is -0.379. The molecule has 0 saturated carbocycles. The minimum absolute atomic E-state index is 0.132. The SMILES string of the molecule is NC(=O)CC1=COC2=CC=C(N)NC12. The van der Waals surface area contributed by atoms with Crippen molar-refractivity contribution in [1.29, 1.82) is 0 Å². The third-order valence-electron chi connectivity index (χ3n) is 2.12. The molecular formula is C9H11N3O2. The average molecular weight is 193 g/mol. The summed E-state index contributed by atoms with van der Waals surface area (Å²) in [5.74, 6) is 0.922. The van der Waals surface area contributed by atoms with E-state index in [0.717, 1.165) is 11.3 Å². The van der Waals surface area contributed by atoms with Crippen LogP contribution in [0.25, 0.3) is 0 Å². The van der Waals surface area contributed by atoms with Gasteiger partial charge in [-0.2, -0.15) is 0 Å². The number of amides is 1. The molecule has 5 heteroatoms. The van der Waals surface area contributed by atoms with Crippen molar-refractivity contribution in [2.24, 2.45) is 11.5 Å². The van der Waals surface area contributed by atoms with Crippen LogP contribution in [0.15, 0.2) is 35.6 Å². The highest BCUT2D eigenvalue weighted by Gasteiger charge is 2.28. The van der Waals surface area contributed by atoms with Crippen molar-refractivity contribution >= 4 is 5.91 Å². The van der Waals surface area contributed by atoms with Gasteiger partial charge in [-0.3, -0.25) is 4.79 Å². The van der Waals surface area contributed by atoms with E-state index in [1.165, 1.54) is 0 Å². The smallest absolute Gasteiger partial charge is 0.221 e. The van der Waals surface area contributed by atoms with Crippen LogP contribution in [0.3, 0.4) is 0 Å². The number of nitrogens with one attached hydrogen (secondary N) is 1. The van der Waals surface area contributed by atoms with E-state index >= 15 is 0 Å². The fraction of sp³-hybridized carbons (Fsp3) is 0.222. The molecular weight excluding hydrogens is 182 g/mol. The molecule has 0 fully saturated rings. The first-order valence-electron chi connectivity index (χ1n) is 4.24. The molecule has 1 atom stereocenters. The zero-order chi connectivity index (χ0) is 10.1. The highest BCUT2D eigenvalue weighted by atomic mass is 16.5. The summed E-state index contributed by atoms with van der Waals surface area (Å²) < 4.78 is 5.25. The molecule has 2 aliphatic rings. The lowest BCUT2D eigenvalue weighted by atomic mass is 10.0. The van der Waals surface area contributed by atoms with Crippen LogP contribution < -0.4 is 16.8 Å². The van der Waals surface area contributed by atoms with E-state index in [9.17, 15) is 4.79 Å². The maximum atomic E-state index is 10.7. The minimum Gasteiger partial charge on any atom is -0.467 e. The number of hydrogen-bond donors (Lipinski definition) is 3. The van der Waals surface area contributed by atoms with Gasteiger partial charge >= 0.3 is 0 Å². The quantitative estimate of drug-likeness (QED) is 0.548. The molecule has 2 heterocycles. The van der Waals surface area contributed by atoms with Gasteiger partial charge in [0.1, 0.15) is 11.8 Å². The summed E-state index contributed by atoms with van der Waals surface area (Å²) in [5.41, 5.74) is 11.5. The van der Waals surface area contributed by atoms with Gasteiger partial charge in [0, 0.05) is 5.57 Å². The van der Waals surface area contributed by atoms with Crippen LogP contribution in [0.4, 0.5) is 0 Å². The molecule has 1 amide bonds. The fourth-order valence-electron chi connectivity index (χ4n) is 1.49. The Hall–Kier alpha value is -1.91. The van der Waals surface area contributed by atoms with Gasteiger partial charge in [0.05, 0.1) is 18.5 Å². The van der Waals surface area contributed by atoms with Gasteiger partial charge in [-0.1, -0.05) is 0 Å². The average Bonchev–Trinajstić information content (AvgIpc) is 2.47.